The van der Waals surface area contributed by atoms with Crippen LogP contribution in [0.25, 0.3) is 27.7 Å². The van der Waals surface area contributed by atoms with Gasteiger partial charge in [-0.15, -0.1) is 0 Å². The number of carbonyl (C=O) groups is 1. The highest BCUT2D eigenvalue weighted by atomic mass is 19.1. The summed E-state index contributed by atoms with van der Waals surface area (Å²) >= 11 is 0. The Labute approximate surface area is 230 Å². The molecule has 0 saturated carbocycles. The summed E-state index contributed by atoms with van der Waals surface area (Å²) in [5, 5.41) is 20.1. The van der Waals surface area contributed by atoms with Crippen LogP contribution in [0.15, 0.2) is 53.5 Å². The van der Waals surface area contributed by atoms with Crippen molar-refractivity contribution in [3.05, 3.63) is 81.8 Å². The minimum Gasteiger partial charge on any atom is -0.465 e. The van der Waals surface area contributed by atoms with Crippen LogP contribution in [0.3, 0.4) is 0 Å². The van der Waals surface area contributed by atoms with Crippen LogP contribution in [0.4, 0.5) is 15.0 Å². The lowest BCUT2D eigenvalue weighted by molar-refractivity contribution is 0.136. The molecule has 1 fully saturated rings. The number of aryl methyl sites for hydroxylation is 1. The summed E-state index contributed by atoms with van der Waals surface area (Å²) in [6, 6.07) is 13.3. The minimum absolute atomic E-state index is 0.00920. The van der Waals surface area contributed by atoms with E-state index in [0.717, 1.165) is 5.56 Å². The van der Waals surface area contributed by atoms with Gasteiger partial charge in [0.15, 0.2) is 0 Å². The molecule has 5 rings (SSSR count). The molecule has 1 amide bonds. The average Bonchev–Trinajstić information content (AvgIpc) is 2.92. The monoisotopic (exact) mass is 540 g/mol. The molecule has 1 saturated heterocycles. The van der Waals surface area contributed by atoms with Crippen molar-refractivity contribution >= 4 is 22.8 Å². The zero-order chi connectivity index (χ0) is 28.7. The first-order valence-corrected chi connectivity index (χ1v) is 13.1. The van der Waals surface area contributed by atoms with Gasteiger partial charge in [0.25, 0.3) is 0 Å². The van der Waals surface area contributed by atoms with Crippen molar-refractivity contribution in [1.82, 2.24) is 19.4 Å². The van der Waals surface area contributed by atoms with Gasteiger partial charge in [0.2, 0.25) is 0 Å². The molecule has 4 aromatic rings. The van der Waals surface area contributed by atoms with Gasteiger partial charge >= 0.3 is 11.8 Å². The van der Waals surface area contributed by atoms with E-state index in [9.17, 15) is 24.3 Å². The fourth-order valence-corrected chi connectivity index (χ4v) is 5.42. The summed E-state index contributed by atoms with van der Waals surface area (Å²) in [6.07, 6.45) is 0.694. The Morgan fingerprint density at radius 1 is 1.18 bits per heavy atom. The number of carboxylic acid groups (broad SMARTS) is 1. The Hall–Kier alpha value is -4.78. The first kappa shape index (κ1) is 26.8. The van der Waals surface area contributed by atoms with Gasteiger partial charge in [0, 0.05) is 48.4 Å². The first-order valence-electron chi connectivity index (χ1n) is 13.1. The minimum atomic E-state index is -1.01. The molecule has 1 N–H and O–H groups in total. The van der Waals surface area contributed by atoms with Gasteiger partial charge in [-0.2, -0.15) is 10.2 Å². The Morgan fingerprint density at radius 3 is 2.58 bits per heavy atom. The molecule has 0 radical (unpaired) electrons. The molecule has 40 heavy (non-hydrogen) atoms. The number of benzene rings is 2. The van der Waals surface area contributed by atoms with Crippen molar-refractivity contribution in [2.24, 2.45) is 0 Å². The lowest BCUT2D eigenvalue weighted by Crippen LogP contribution is -2.54. The summed E-state index contributed by atoms with van der Waals surface area (Å²) in [4.78, 5) is 37.8. The predicted molar refractivity (Wildman–Crippen MR) is 150 cm³/mol. The number of piperazine rings is 1. The number of rotatable bonds is 4. The highest BCUT2D eigenvalue weighted by Gasteiger charge is 2.30. The third-order valence-corrected chi connectivity index (χ3v) is 7.39. The van der Waals surface area contributed by atoms with Gasteiger partial charge in [0.1, 0.15) is 11.6 Å². The van der Waals surface area contributed by atoms with Crippen LogP contribution < -0.4 is 10.6 Å². The van der Waals surface area contributed by atoms with Crippen molar-refractivity contribution in [3.8, 4) is 22.9 Å². The second-order valence-electron chi connectivity index (χ2n) is 10.3. The second-order valence-corrected chi connectivity index (χ2v) is 10.3. The van der Waals surface area contributed by atoms with Gasteiger partial charge in [-0.3, -0.25) is 9.55 Å². The highest BCUT2D eigenvalue weighted by Crippen LogP contribution is 2.36. The number of amides is 1. The number of hydrogen-bond acceptors (Lipinski definition) is 6. The molecule has 1 atom stereocenters. The number of nitriles is 1. The van der Waals surface area contributed by atoms with Crippen molar-refractivity contribution < 1.29 is 14.3 Å². The van der Waals surface area contributed by atoms with E-state index < -0.39 is 17.6 Å². The Morgan fingerprint density at radius 2 is 1.93 bits per heavy atom. The molecule has 0 aliphatic carbocycles. The molecule has 2 aromatic heterocycles. The van der Waals surface area contributed by atoms with Crippen molar-refractivity contribution in [1.29, 1.82) is 5.26 Å². The topological polar surface area (TPSA) is 115 Å². The normalized spacial score (nSPS) is 15.5. The summed E-state index contributed by atoms with van der Waals surface area (Å²) < 4.78 is 16.5. The van der Waals surface area contributed by atoms with Crippen LogP contribution in [0.1, 0.15) is 43.5 Å². The molecule has 0 unspecified atom stereocenters. The maximum atomic E-state index is 15.0. The lowest BCUT2D eigenvalue weighted by Gasteiger charge is -2.39. The molecular weight excluding hydrogens is 511 g/mol. The van der Waals surface area contributed by atoms with E-state index in [1.54, 1.807) is 36.5 Å². The predicted octanol–water partition coefficient (Wildman–Crippen LogP) is 5.08. The maximum absolute atomic E-state index is 15.0. The summed E-state index contributed by atoms with van der Waals surface area (Å²) in [6.45, 7) is 8.53. The molecule has 204 valence electrons. The van der Waals surface area contributed by atoms with E-state index in [2.05, 4.69) is 16.0 Å². The fraction of sp³-hybridized carbons (Fsp3) is 0.300. The molecule has 10 heteroatoms. The van der Waals surface area contributed by atoms with Crippen LogP contribution >= 0.6 is 0 Å². The third kappa shape index (κ3) is 4.53. The van der Waals surface area contributed by atoms with Gasteiger partial charge in [-0.25, -0.2) is 14.0 Å². The maximum Gasteiger partial charge on any atom is 0.407 e. The van der Waals surface area contributed by atoms with Gasteiger partial charge in [-0.1, -0.05) is 32.0 Å². The highest BCUT2D eigenvalue weighted by molar-refractivity contribution is 5.96. The molecular formula is C30H29FN6O3. The van der Waals surface area contributed by atoms with Crippen LogP contribution in [0.2, 0.25) is 0 Å². The van der Waals surface area contributed by atoms with E-state index in [0.29, 0.717) is 40.2 Å². The molecule has 1 aliphatic rings. The first-order chi connectivity index (χ1) is 19.1. The molecule has 9 nitrogen and oxygen atoms in total. The summed E-state index contributed by atoms with van der Waals surface area (Å²) in [7, 11) is 0. The third-order valence-electron chi connectivity index (χ3n) is 7.39. The van der Waals surface area contributed by atoms with E-state index in [1.807, 2.05) is 38.7 Å². The van der Waals surface area contributed by atoms with Gasteiger partial charge in [-0.05, 0) is 49.6 Å². The number of anilines is 1. The Balaban J connectivity index is 1.87. The standard InChI is InChI=1S/C30H29FN6O3/c1-17(2)26-27(18(3)9-10-33-26)37-25-14-22(21-7-5-6-8-24(21)31)20(15-32)13-23(25)28(34-29(37)38)36-12-11-35(30(39)40)16-19(36)4/h5-10,13-14,17,19H,11-12,16H2,1-4H3,(H,39,40)/t19-/m0/s1. The number of pyridine rings is 1. The second kappa shape index (κ2) is 10.4. The number of aromatic nitrogens is 3. The Bertz CT molecular complexity index is 1740. The van der Waals surface area contributed by atoms with E-state index in [1.165, 1.54) is 15.5 Å². The van der Waals surface area contributed by atoms with E-state index in [-0.39, 0.29) is 36.2 Å². The zero-order valence-corrected chi connectivity index (χ0v) is 22.7. The van der Waals surface area contributed by atoms with Gasteiger partial charge in [0.05, 0.1) is 28.5 Å². The molecule has 3 heterocycles. The smallest absolute Gasteiger partial charge is 0.407 e. The van der Waals surface area contributed by atoms with E-state index >= 15 is 0 Å². The van der Waals surface area contributed by atoms with Gasteiger partial charge < -0.3 is 14.9 Å². The Kier molecular flexibility index (Phi) is 6.98. The zero-order valence-electron chi connectivity index (χ0n) is 22.7. The summed E-state index contributed by atoms with van der Waals surface area (Å²) in [5.41, 5.74) is 2.86. The number of hydrogen-bond donors (Lipinski definition) is 1. The number of nitrogens with zero attached hydrogens (tertiary/aromatic N) is 6. The average molecular weight is 541 g/mol. The number of fused-ring (bicyclic) bond motifs is 1. The molecule has 0 bridgehead atoms. The van der Waals surface area contributed by atoms with Crippen LogP contribution in [0.5, 0.6) is 0 Å². The van der Waals surface area contributed by atoms with E-state index in [4.69, 9.17) is 0 Å². The molecule has 2 aromatic carbocycles. The number of halogens is 1. The largest absolute Gasteiger partial charge is 0.465 e. The van der Waals surface area contributed by atoms with Crippen LogP contribution in [-0.4, -0.2) is 56.3 Å². The lowest BCUT2D eigenvalue weighted by atomic mass is 9.96. The van der Waals surface area contributed by atoms with Crippen molar-refractivity contribution in [3.63, 3.8) is 0 Å². The molecule has 0 spiro atoms. The quantitative estimate of drug-likeness (QED) is 0.384. The van der Waals surface area contributed by atoms with Crippen LogP contribution in [-0.2, 0) is 0 Å². The van der Waals surface area contributed by atoms with Crippen molar-refractivity contribution in [2.45, 2.75) is 39.7 Å². The summed E-state index contributed by atoms with van der Waals surface area (Å²) in [5.74, 6) is -0.136. The van der Waals surface area contributed by atoms with Crippen LogP contribution in [0, 0.1) is 24.1 Å². The fourth-order valence-electron chi connectivity index (χ4n) is 5.42. The van der Waals surface area contributed by atoms with Crippen molar-refractivity contribution in [2.75, 3.05) is 24.5 Å². The molecule has 1 aliphatic heterocycles. The SMILES string of the molecule is Cc1ccnc(C(C)C)c1-n1c(=O)nc(N2CCN(C(=O)O)C[C@@H]2C)c2cc(C#N)c(-c3ccccc3F)cc21.